The van der Waals surface area contributed by atoms with Crippen molar-refractivity contribution in [2.75, 3.05) is 10.6 Å². The molecule has 0 amide bonds. The Morgan fingerprint density at radius 2 is 1.71 bits per heavy atom. The lowest BCUT2D eigenvalue weighted by Gasteiger charge is -2.26. The van der Waals surface area contributed by atoms with Gasteiger partial charge in [-0.1, -0.05) is 20.8 Å². The standard InChI is InChI=1S/C23H27F3N6O.CH4/c1-12-3-2-4-19(12)32-21-18(11-27-22(31-21)28-14-5-7-15(33)8-6-14)29-23(32)30-20-16(25)9-13(24)10-17(20)26;/h9-12,14-15,19,33H,2-8H2,1H3,(H,29,30)(H,27,28,31);1H4/t12-,14?,15?,19+;/m1./s1. The number of anilines is 3. The van der Waals surface area contributed by atoms with Crippen LogP contribution in [0, 0.1) is 23.4 Å². The van der Waals surface area contributed by atoms with E-state index in [1.165, 1.54) is 0 Å². The number of nitrogens with zero attached hydrogens (tertiary/aromatic N) is 4. The Morgan fingerprint density at radius 1 is 1.00 bits per heavy atom. The van der Waals surface area contributed by atoms with Crippen LogP contribution in [0.3, 0.4) is 0 Å². The van der Waals surface area contributed by atoms with Crippen molar-refractivity contribution in [3.05, 3.63) is 35.8 Å². The minimum absolute atomic E-state index is 0. The molecule has 0 saturated heterocycles. The van der Waals surface area contributed by atoms with Gasteiger partial charge >= 0.3 is 0 Å². The van der Waals surface area contributed by atoms with Crippen LogP contribution >= 0.6 is 0 Å². The molecule has 0 unspecified atom stereocenters. The molecule has 5 rings (SSSR count). The normalized spacial score (nSPS) is 24.7. The third-order valence-electron chi connectivity index (χ3n) is 6.85. The van der Waals surface area contributed by atoms with Crippen molar-refractivity contribution >= 4 is 28.7 Å². The molecule has 0 bridgehead atoms. The van der Waals surface area contributed by atoms with Gasteiger partial charge in [-0.15, -0.1) is 0 Å². The smallest absolute Gasteiger partial charge is 0.224 e. The maximum Gasteiger partial charge on any atom is 0.224 e. The zero-order valence-corrected chi connectivity index (χ0v) is 18.4. The highest BCUT2D eigenvalue weighted by molar-refractivity contribution is 5.76. The number of aliphatic hydroxyl groups excluding tert-OH is 1. The fourth-order valence-corrected chi connectivity index (χ4v) is 5.05. The summed E-state index contributed by atoms with van der Waals surface area (Å²) < 4.78 is 44.0. The number of aliphatic hydroxyl groups is 1. The molecule has 2 aliphatic rings. The first-order chi connectivity index (χ1) is 15.9. The van der Waals surface area contributed by atoms with Gasteiger partial charge in [-0.25, -0.2) is 23.1 Å². The van der Waals surface area contributed by atoms with E-state index in [9.17, 15) is 18.3 Å². The second-order valence-electron chi connectivity index (χ2n) is 9.20. The fraction of sp³-hybridized carbons (Fsp3) is 0.542. The monoisotopic (exact) mass is 476 g/mol. The lowest BCUT2D eigenvalue weighted by atomic mass is 9.93. The Balaban J connectivity index is 0.00000274. The Hall–Kier alpha value is -2.88. The van der Waals surface area contributed by atoms with Crippen LogP contribution in [0.2, 0.25) is 0 Å². The molecule has 0 radical (unpaired) electrons. The summed E-state index contributed by atoms with van der Waals surface area (Å²) >= 11 is 0. The lowest BCUT2D eigenvalue weighted by Crippen LogP contribution is -2.29. The Kier molecular flexibility index (Phi) is 6.97. The number of halogens is 3. The molecule has 0 aliphatic heterocycles. The van der Waals surface area contributed by atoms with Gasteiger partial charge in [-0.3, -0.25) is 4.57 Å². The summed E-state index contributed by atoms with van der Waals surface area (Å²) in [4.78, 5) is 13.6. The highest BCUT2D eigenvalue weighted by atomic mass is 19.1. The van der Waals surface area contributed by atoms with E-state index < -0.39 is 23.1 Å². The van der Waals surface area contributed by atoms with Crippen LogP contribution in [0.1, 0.15) is 65.3 Å². The third kappa shape index (κ3) is 4.68. The molecule has 2 aromatic heterocycles. The van der Waals surface area contributed by atoms with E-state index in [4.69, 9.17) is 4.98 Å². The summed E-state index contributed by atoms with van der Waals surface area (Å²) in [6, 6.07) is 1.50. The number of aromatic nitrogens is 4. The molecule has 34 heavy (non-hydrogen) atoms. The van der Waals surface area contributed by atoms with Crippen LogP contribution in [0.15, 0.2) is 18.3 Å². The van der Waals surface area contributed by atoms with Crippen LogP contribution in [0.5, 0.6) is 0 Å². The third-order valence-corrected chi connectivity index (χ3v) is 6.85. The zero-order valence-electron chi connectivity index (χ0n) is 18.4. The quantitative estimate of drug-likeness (QED) is 0.438. The molecule has 2 saturated carbocycles. The maximum atomic E-state index is 14.4. The highest BCUT2D eigenvalue weighted by Crippen LogP contribution is 2.40. The summed E-state index contributed by atoms with van der Waals surface area (Å²) in [6.45, 7) is 2.14. The molecule has 1 aromatic carbocycles. The molecule has 7 nitrogen and oxygen atoms in total. The lowest BCUT2D eigenvalue weighted by molar-refractivity contribution is 0.126. The van der Waals surface area contributed by atoms with Crippen LogP contribution in [-0.2, 0) is 0 Å². The van der Waals surface area contributed by atoms with Gasteiger partial charge in [-0.05, 0) is 44.4 Å². The molecule has 184 valence electrons. The van der Waals surface area contributed by atoms with Crippen molar-refractivity contribution in [2.24, 2.45) is 5.92 Å². The number of hydrogen-bond acceptors (Lipinski definition) is 6. The van der Waals surface area contributed by atoms with Gasteiger partial charge in [0.15, 0.2) is 17.3 Å². The minimum Gasteiger partial charge on any atom is -0.393 e. The first kappa shape index (κ1) is 24.3. The van der Waals surface area contributed by atoms with Crippen LogP contribution in [0.4, 0.5) is 30.8 Å². The molecule has 2 heterocycles. The summed E-state index contributed by atoms with van der Waals surface area (Å²) in [5.41, 5.74) is 0.627. The number of nitrogens with one attached hydrogen (secondary N) is 2. The molecule has 3 aromatic rings. The largest absolute Gasteiger partial charge is 0.393 e. The number of hydrogen-bond donors (Lipinski definition) is 3. The van der Waals surface area contributed by atoms with Gasteiger partial charge in [0.25, 0.3) is 0 Å². The fourth-order valence-electron chi connectivity index (χ4n) is 5.05. The second kappa shape index (κ2) is 9.77. The van der Waals surface area contributed by atoms with E-state index in [0.717, 1.165) is 44.9 Å². The van der Waals surface area contributed by atoms with Crippen molar-refractivity contribution in [1.29, 1.82) is 0 Å². The Morgan fingerprint density at radius 3 is 2.35 bits per heavy atom. The average molecular weight is 477 g/mol. The molecule has 2 aliphatic carbocycles. The average Bonchev–Trinajstić information content (AvgIpc) is 3.34. The molecular formula is C24H31F3N6O. The van der Waals surface area contributed by atoms with E-state index in [1.807, 2.05) is 4.57 Å². The van der Waals surface area contributed by atoms with Crippen molar-refractivity contribution in [3.8, 4) is 0 Å². The first-order valence-corrected chi connectivity index (χ1v) is 11.5. The van der Waals surface area contributed by atoms with Crippen molar-refractivity contribution in [3.63, 3.8) is 0 Å². The maximum absolute atomic E-state index is 14.4. The molecule has 10 heteroatoms. The summed E-state index contributed by atoms with van der Waals surface area (Å²) in [5.74, 6) is -2.00. The van der Waals surface area contributed by atoms with Gasteiger partial charge < -0.3 is 15.7 Å². The van der Waals surface area contributed by atoms with Gasteiger partial charge in [0, 0.05) is 24.2 Å². The zero-order chi connectivity index (χ0) is 23.1. The van der Waals surface area contributed by atoms with E-state index >= 15 is 0 Å². The van der Waals surface area contributed by atoms with Crippen molar-refractivity contribution in [1.82, 2.24) is 19.5 Å². The topological polar surface area (TPSA) is 87.9 Å². The van der Waals surface area contributed by atoms with E-state index in [1.54, 1.807) is 6.20 Å². The number of rotatable bonds is 5. The van der Waals surface area contributed by atoms with Gasteiger partial charge in [0.05, 0.1) is 12.3 Å². The number of benzene rings is 1. The highest BCUT2D eigenvalue weighted by Gasteiger charge is 2.30. The van der Waals surface area contributed by atoms with Gasteiger partial charge in [0.1, 0.15) is 17.0 Å². The molecule has 0 spiro atoms. The summed E-state index contributed by atoms with van der Waals surface area (Å²) in [5, 5.41) is 15.8. The second-order valence-corrected chi connectivity index (χ2v) is 9.20. The Bertz CT molecular complexity index is 1140. The minimum atomic E-state index is -1.03. The molecule has 3 N–H and O–H groups in total. The van der Waals surface area contributed by atoms with E-state index in [2.05, 4.69) is 27.5 Å². The SMILES string of the molecule is C.C[C@@H]1CCC[C@@H]1n1c(Nc2c(F)cc(F)cc2F)nc2cnc(NC3CCC(O)CC3)nc21. The molecule has 2 atom stereocenters. The van der Waals surface area contributed by atoms with Crippen LogP contribution < -0.4 is 10.6 Å². The first-order valence-electron chi connectivity index (χ1n) is 11.5. The molecule has 2 fully saturated rings. The van der Waals surface area contributed by atoms with E-state index in [0.29, 0.717) is 35.2 Å². The van der Waals surface area contributed by atoms with Gasteiger partial charge in [-0.2, -0.15) is 4.98 Å². The summed E-state index contributed by atoms with van der Waals surface area (Å²) in [6.07, 6.45) is 7.44. The number of imidazole rings is 1. The van der Waals surface area contributed by atoms with Gasteiger partial charge in [0.2, 0.25) is 11.9 Å². The number of fused-ring (bicyclic) bond motifs is 1. The predicted molar refractivity (Wildman–Crippen MR) is 126 cm³/mol. The van der Waals surface area contributed by atoms with Crippen LogP contribution in [0.25, 0.3) is 11.2 Å². The van der Waals surface area contributed by atoms with Crippen molar-refractivity contribution in [2.45, 2.75) is 77.5 Å². The summed E-state index contributed by atoms with van der Waals surface area (Å²) in [7, 11) is 0. The van der Waals surface area contributed by atoms with Crippen LogP contribution in [-0.4, -0.2) is 36.8 Å². The molecular weight excluding hydrogens is 445 g/mol. The van der Waals surface area contributed by atoms with E-state index in [-0.39, 0.29) is 31.6 Å². The predicted octanol–water partition coefficient (Wildman–Crippen LogP) is 5.70. The van der Waals surface area contributed by atoms with Crippen molar-refractivity contribution < 1.29 is 18.3 Å². The Labute approximate surface area is 196 Å².